The topological polar surface area (TPSA) is 21.3 Å². The normalized spacial score (nSPS) is 14.6. The zero-order valence-electron chi connectivity index (χ0n) is 10.8. The summed E-state index contributed by atoms with van der Waals surface area (Å²) in [6.07, 6.45) is 1.12. The van der Waals surface area contributed by atoms with Crippen LogP contribution in [0.15, 0.2) is 0 Å². The van der Waals surface area contributed by atoms with Crippen LogP contribution in [0.5, 0.6) is 0 Å². The maximum Gasteiger partial charge on any atom is 0.0599 e. The van der Waals surface area contributed by atoms with Gasteiger partial charge in [-0.15, -0.1) is 11.6 Å². The van der Waals surface area contributed by atoms with Gasteiger partial charge in [0.05, 0.1) is 12.2 Å². The first-order chi connectivity index (χ1) is 6.85. The number of ether oxygens (including phenoxy) is 1. The summed E-state index contributed by atoms with van der Waals surface area (Å²) >= 11 is 5.88. The van der Waals surface area contributed by atoms with E-state index in [2.05, 4.69) is 39.9 Å². The standard InChI is InChI=1S/C12H26ClNO/c1-10(2)8-11(9-13)14-6-7-15-12(3,4)5/h10-11,14H,6-9H2,1-5H3. The van der Waals surface area contributed by atoms with Crippen molar-refractivity contribution in [3.05, 3.63) is 0 Å². The summed E-state index contributed by atoms with van der Waals surface area (Å²) in [6.45, 7) is 12.3. The molecule has 0 aromatic heterocycles. The van der Waals surface area contributed by atoms with Crippen molar-refractivity contribution in [2.24, 2.45) is 5.92 Å². The maximum atomic E-state index is 5.88. The zero-order chi connectivity index (χ0) is 11.9. The number of alkyl halides is 1. The highest BCUT2D eigenvalue weighted by molar-refractivity contribution is 6.18. The van der Waals surface area contributed by atoms with Crippen molar-refractivity contribution in [1.82, 2.24) is 5.32 Å². The van der Waals surface area contributed by atoms with Gasteiger partial charge in [0.25, 0.3) is 0 Å². The van der Waals surface area contributed by atoms with E-state index in [1.165, 1.54) is 0 Å². The van der Waals surface area contributed by atoms with E-state index in [9.17, 15) is 0 Å². The van der Waals surface area contributed by atoms with Crippen molar-refractivity contribution < 1.29 is 4.74 Å². The third-order valence-electron chi connectivity index (χ3n) is 2.01. The van der Waals surface area contributed by atoms with Gasteiger partial charge in [-0.25, -0.2) is 0 Å². The number of hydrogen-bond acceptors (Lipinski definition) is 2. The fourth-order valence-electron chi connectivity index (χ4n) is 1.39. The van der Waals surface area contributed by atoms with E-state index in [-0.39, 0.29) is 5.60 Å². The van der Waals surface area contributed by atoms with Crippen LogP contribution < -0.4 is 5.32 Å². The highest BCUT2D eigenvalue weighted by Crippen LogP contribution is 2.07. The molecule has 0 rings (SSSR count). The van der Waals surface area contributed by atoms with Crippen LogP contribution in [0.25, 0.3) is 0 Å². The molecule has 0 aromatic rings. The Hall–Kier alpha value is 0.210. The third-order valence-corrected chi connectivity index (χ3v) is 2.38. The molecule has 92 valence electrons. The van der Waals surface area contributed by atoms with Crippen LogP contribution >= 0.6 is 11.6 Å². The van der Waals surface area contributed by atoms with Crippen molar-refractivity contribution in [1.29, 1.82) is 0 Å². The first-order valence-corrected chi connectivity index (χ1v) is 6.32. The SMILES string of the molecule is CC(C)CC(CCl)NCCOC(C)(C)C. The number of rotatable bonds is 7. The van der Waals surface area contributed by atoms with E-state index < -0.39 is 0 Å². The molecular formula is C12H26ClNO. The Bertz CT molecular complexity index is 154. The molecule has 2 nitrogen and oxygen atoms in total. The summed E-state index contributed by atoms with van der Waals surface area (Å²) in [4.78, 5) is 0. The smallest absolute Gasteiger partial charge is 0.0599 e. The predicted octanol–water partition coefficient (Wildman–Crippen LogP) is 3.04. The molecule has 1 N–H and O–H groups in total. The second kappa shape index (κ2) is 7.48. The molecule has 15 heavy (non-hydrogen) atoms. The lowest BCUT2D eigenvalue weighted by Crippen LogP contribution is -2.36. The predicted molar refractivity (Wildman–Crippen MR) is 67.7 cm³/mol. The lowest BCUT2D eigenvalue weighted by atomic mass is 10.1. The van der Waals surface area contributed by atoms with E-state index >= 15 is 0 Å². The van der Waals surface area contributed by atoms with Gasteiger partial charge in [-0.05, 0) is 33.1 Å². The van der Waals surface area contributed by atoms with E-state index in [0.29, 0.717) is 17.8 Å². The monoisotopic (exact) mass is 235 g/mol. The number of nitrogens with one attached hydrogen (secondary N) is 1. The molecule has 0 radical (unpaired) electrons. The summed E-state index contributed by atoms with van der Waals surface area (Å²) in [6, 6.07) is 0.412. The second-order valence-corrected chi connectivity index (χ2v) is 5.70. The average molecular weight is 236 g/mol. The fourth-order valence-corrected chi connectivity index (χ4v) is 1.63. The first-order valence-electron chi connectivity index (χ1n) is 5.78. The molecule has 0 saturated carbocycles. The van der Waals surface area contributed by atoms with Crippen molar-refractivity contribution >= 4 is 11.6 Å². The molecule has 0 fully saturated rings. The van der Waals surface area contributed by atoms with Gasteiger partial charge in [0, 0.05) is 18.5 Å². The van der Waals surface area contributed by atoms with Gasteiger partial charge in [0.2, 0.25) is 0 Å². The third kappa shape index (κ3) is 10.5. The van der Waals surface area contributed by atoms with Crippen LogP contribution in [0.2, 0.25) is 0 Å². The van der Waals surface area contributed by atoms with Crippen LogP contribution in [-0.4, -0.2) is 30.7 Å². The molecule has 0 heterocycles. The molecule has 0 bridgehead atoms. The highest BCUT2D eigenvalue weighted by atomic mass is 35.5. The zero-order valence-corrected chi connectivity index (χ0v) is 11.5. The average Bonchev–Trinajstić information content (AvgIpc) is 2.08. The van der Waals surface area contributed by atoms with Crippen LogP contribution in [0.4, 0.5) is 0 Å². The van der Waals surface area contributed by atoms with Gasteiger partial charge >= 0.3 is 0 Å². The highest BCUT2D eigenvalue weighted by Gasteiger charge is 2.11. The summed E-state index contributed by atoms with van der Waals surface area (Å²) in [7, 11) is 0. The molecule has 1 unspecified atom stereocenters. The first kappa shape index (κ1) is 15.2. The van der Waals surface area contributed by atoms with Crippen LogP contribution in [-0.2, 0) is 4.74 Å². The van der Waals surface area contributed by atoms with Gasteiger partial charge in [0.1, 0.15) is 0 Å². The van der Waals surface area contributed by atoms with Gasteiger partial charge in [-0.3, -0.25) is 0 Å². The maximum absolute atomic E-state index is 5.88. The minimum absolute atomic E-state index is 0.0454. The van der Waals surface area contributed by atoms with Crippen LogP contribution in [0.1, 0.15) is 41.0 Å². The Morgan fingerprint density at radius 1 is 1.27 bits per heavy atom. The molecule has 1 atom stereocenters. The van der Waals surface area contributed by atoms with Gasteiger partial charge in [0.15, 0.2) is 0 Å². The van der Waals surface area contributed by atoms with Crippen LogP contribution in [0, 0.1) is 5.92 Å². The Labute approximate surface area is 99.7 Å². The van der Waals surface area contributed by atoms with E-state index in [0.717, 1.165) is 19.6 Å². The van der Waals surface area contributed by atoms with E-state index in [1.807, 2.05) is 0 Å². The van der Waals surface area contributed by atoms with Crippen molar-refractivity contribution in [3.63, 3.8) is 0 Å². The lowest BCUT2D eigenvalue weighted by molar-refractivity contribution is -0.00160. The minimum atomic E-state index is -0.0454. The minimum Gasteiger partial charge on any atom is -0.375 e. The molecule has 0 aromatic carbocycles. The summed E-state index contributed by atoms with van der Waals surface area (Å²) in [5.41, 5.74) is -0.0454. The van der Waals surface area contributed by atoms with Gasteiger partial charge < -0.3 is 10.1 Å². The Morgan fingerprint density at radius 3 is 2.27 bits per heavy atom. The summed E-state index contributed by atoms with van der Waals surface area (Å²) in [5, 5.41) is 3.42. The molecule has 0 saturated heterocycles. The molecular weight excluding hydrogens is 210 g/mol. The molecule has 0 spiro atoms. The van der Waals surface area contributed by atoms with Crippen LogP contribution in [0.3, 0.4) is 0 Å². The largest absolute Gasteiger partial charge is 0.375 e. The van der Waals surface area contributed by atoms with Gasteiger partial charge in [-0.1, -0.05) is 13.8 Å². The Morgan fingerprint density at radius 2 is 1.87 bits per heavy atom. The molecule has 0 aliphatic heterocycles. The van der Waals surface area contributed by atoms with Crippen molar-refractivity contribution in [2.75, 3.05) is 19.0 Å². The van der Waals surface area contributed by atoms with E-state index in [1.54, 1.807) is 0 Å². The van der Waals surface area contributed by atoms with Crippen molar-refractivity contribution in [3.8, 4) is 0 Å². The number of halogens is 1. The molecule has 0 aliphatic carbocycles. The van der Waals surface area contributed by atoms with Gasteiger partial charge in [-0.2, -0.15) is 0 Å². The summed E-state index contributed by atoms with van der Waals surface area (Å²) < 4.78 is 5.62. The van der Waals surface area contributed by atoms with E-state index in [4.69, 9.17) is 16.3 Å². The molecule has 0 aliphatic rings. The molecule has 3 heteroatoms. The quantitative estimate of drug-likeness (QED) is 0.541. The Balaban J connectivity index is 3.55. The molecule has 0 amide bonds. The lowest BCUT2D eigenvalue weighted by Gasteiger charge is -2.22. The number of hydrogen-bond donors (Lipinski definition) is 1. The Kier molecular flexibility index (Phi) is 7.58. The van der Waals surface area contributed by atoms with Crippen molar-refractivity contribution in [2.45, 2.75) is 52.7 Å². The summed E-state index contributed by atoms with van der Waals surface area (Å²) in [5.74, 6) is 1.36. The fraction of sp³-hybridized carbons (Fsp3) is 1.00. The second-order valence-electron chi connectivity index (χ2n) is 5.40.